The standard InChI is InChI=1S/C14H20N2O5/c1-19-8-4-7-16-12(17)9-21-14(18)13-10(15)5-3-6-11(13)20-2/h3,5-6H,4,7-9,15H2,1-2H3,(H,16,17). The van der Waals surface area contributed by atoms with Gasteiger partial charge in [0.2, 0.25) is 0 Å². The Morgan fingerprint density at radius 1 is 1.29 bits per heavy atom. The van der Waals surface area contributed by atoms with Crippen LogP contribution >= 0.6 is 0 Å². The highest BCUT2D eigenvalue weighted by Crippen LogP contribution is 2.24. The molecule has 3 N–H and O–H groups in total. The minimum atomic E-state index is -0.697. The molecule has 7 heteroatoms. The second-order valence-electron chi connectivity index (χ2n) is 4.20. The highest BCUT2D eigenvalue weighted by atomic mass is 16.5. The van der Waals surface area contributed by atoms with Gasteiger partial charge in [0.25, 0.3) is 5.91 Å². The smallest absolute Gasteiger partial charge is 0.344 e. The summed E-state index contributed by atoms with van der Waals surface area (Å²) in [4.78, 5) is 23.4. The molecule has 0 aliphatic rings. The summed E-state index contributed by atoms with van der Waals surface area (Å²) in [6.07, 6.45) is 0.690. The van der Waals surface area contributed by atoms with Gasteiger partial charge in [-0.05, 0) is 18.6 Å². The molecule has 0 unspecified atom stereocenters. The highest BCUT2D eigenvalue weighted by Gasteiger charge is 2.18. The minimum Gasteiger partial charge on any atom is -0.496 e. The largest absolute Gasteiger partial charge is 0.496 e. The van der Waals surface area contributed by atoms with E-state index in [-0.39, 0.29) is 23.8 Å². The molecule has 0 bridgehead atoms. The van der Waals surface area contributed by atoms with E-state index in [0.717, 1.165) is 0 Å². The fraction of sp³-hybridized carbons (Fsp3) is 0.429. The molecule has 0 aliphatic heterocycles. The Morgan fingerprint density at radius 3 is 2.71 bits per heavy atom. The Morgan fingerprint density at radius 2 is 2.05 bits per heavy atom. The monoisotopic (exact) mass is 296 g/mol. The van der Waals surface area contributed by atoms with Crippen molar-refractivity contribution in [2.45, 2.75) is 6.42 Å². The summed E-state index contributed by atoms with van der Waals surface area (Å²) in [7, 11) is 3.01. The number of carbonyl (C=O) groups is 2. The lowest BCUT2D eigenvalue weighted by molar-refractivity contribution is -0.124. The number of esters is 1. The van der Waals surface area contributed by atoms with Crippen LogP contribution in [0.1, 0.15) is 16.8 Å². The van der Waals surface area contributed by atoms with Crippen molar-refractivity contribution in [2.24, 2.45) is 0 Å². The lowest BCUT2D eigenvalue weighted by Gasteiger charge is -2.11. The number of hydrogen-bond donors (Lipinski definition) is 2. The maximum atomic E-state index is 11.9. The van der Waals surface area contributed by atoms with Crippen LogP contribution in [0.3, 0.4) is 0 Å². The Hall–Kier alpha value is -2.28. The van der Waals surface area contributed by atoms with Gasteiger partial charge >= 0.3 is 5.97 Å². The molecule has 0 aliphatic carbocycles. The number of amides is 1. The van der Waals surface area contributed by atoms with Crippen molar-refractivity contribution >= 4 is 17.6 Å². The van der Waals surface area contributed by atoms with Gasteiger partial charge in [0.05, 0.1) is 7.11 Å². The number of ether oxygens (including phenoxy) is 3. The number of nitrogens with one attached hydrogen (secondary N) is 1. The summed E-state index contributed by atoms with van der Waals surface area (Å²) in [5, 5.41) is 2.61. The zero-order valence-electron chi connectivity index (χ0n) is 12.2. The predicted molar refractivity (Wildman–Crippen MR) is 77.2 cm³/mol. The van der Waals surface area contributed by atoms with Gasteiger partial charge in [0, 0.05) is 25.9 Å². The third-order valence-electron chi connectivity index (χ3n) is 2.66. The van der Waals surface area contributed by atoms with E-state index in [1.54, 1.807) is 25.3 Å². The first kappa shape index (κ1) is 16.8. The number of nitrogen functional groups attached to an aromatic ring is 1. The van der Waals surface area contributed by atoms with Crippen LogP contribution in [-0.4, -0.2) is 45.9 Å². The van der Waals surface area contributed by atoms with Crippen LogP contribution in [-0.2, 0) is 14.3 Å². The number of rotatable bonds is 8. The number of methoxy groups -OCH3 is 2. The molecule has 0 radical (unpaired) electrons. The van der Waals surface area contributed by atoms with Gasteiger partial charge in [0.15, 0.2) is 6.61 Å². The van der Waals surface area contributed by atoms with E-state index in [0.29, 0.717) is 25.3 Å². The second-order valence-corrected chi connectivity index (χ2v) is 4.20. The van der Waals surface area contributed by atoms with Crippen molar-refractivity contribution in [3.05, 3.63) is 23.8 Å². The molecule has 0 spiro atoms. The Balaban J connectivity index is 2.49. The van der Waals surface area contributed by atoms with E-state index >= 15 is 0 Å². The number of hydrogen-bond acceptors (Lipinski definition) is 6. The molecule has 21 heavy (non-hydrogen) atoms. The lowest BCUT2D eigenvalue weighted by atomic mass is 10.1. The van der Waals surface area contributed by atoms with Crippen LogP contribution in [0.5, 0.6) is 5.75 Å². The SMILES string of the molecule is COCCCNC(=O)COC(=O)c1c(N)cccc1OC. The first-order valence-electron chi connectivity index (χ1n) is 6.45. The number of benzene rings is 1. The Labute approximate surface area is 123 Å². The molecule has 0 fully saturated rings. The maximum Gasteiger partial charge on any atom is 0.344 e. The Kier molecular flexibility index (Phi) is 7.03. The molecule has 1 amide bonds. The van der Waals surface area contributed by atoms with Crippen LogP contribution in [0, 0.1) is 0 Å². The average molecular weight is 296 g/mol. The first-order chi connectivity index (χ1) is 10.1. The van der Waals surface area contributed by atoms with Gasteiger partial charge in [-0.3, -0.25) is 4.79 Å². The number of nitrogens with two attached hydrogens (primary N) is 1. The van der Waals surface area contributed by atoms with Crippen molar-refractivity contribution in [3.8, 4) is 5.75 Å². The fourth-order valence-electron chi connectivity index (χ4n) is 1.64. The van der Waals surface area contributed by atoms with Crippen molar-refractivity contribution in [3.63, 3.8) is 0 Å². The van der Waals surface area contributed by atoms with Crippen LogP contribution in [0.25, 0.3) is 0 Å². The second kappa shape index (κ2) is 8.80. The van der Waals surface area contributed by atoms with Gasteiger partial charge < -0.3 is 25.3 Å². The van der Waals surface area contributed by atoms with E-state index < -0.39 is 5.97 Å². The van der Waals surface area contributed by atoms with E-state index in [1.165, 1.54) is 7.11 Å². The third kappa shape index (κ3) is 5.31. The molecule has 1 aromatic rings. The quantitative estimate of drug-likeness (QED) is 0.414. The molecule has 0 saturated heterocycles. The summed E-state index contributed by atoms with van der Waals surface area (Å²) in [5.41, 5.74) is 6.08. The summed E-state index contributed by atoms with van der Waals surface area (Å²) >= 11 is 0. The molecule has 1 aromatic carbocycles. The summed E-state index contributed by atoms with van der Waals surface area (Å²) in [5.74, 6) is -0.773. The summed E-state index contributed by atoms with van der Waals surface area (Å²) in [6, 6.07) is 4.81. The van der Waals surface area contributed by atoms with Crippen LogP contribution in [0.4, 0.5) is 5.69 Å². The summed E-state index contributed by atoms with van der Waals surface area (Å²) in [6.45, 7) is 0.641. The predicted octanol–water partition coefficient (Wildman–Crippen LogP) is 0.587. The van der Waals surface area contributed by atoms with Gasteiger partial charge in [-0.25, -0.2) is 4.79 Å². The van der Waals surface area contributed by atoms with E-state index in [9.17, 15) is 9.59 Å². The molecule has 0 atom stereocenters. The molecule has 1 rings (SSSR count). The van der Waals surface area contributed by atoms with Crippen molar-refractivity contribution in [1.29, 1.82) is 0 Å². The maximum absolute atomic E-state index is 11.9. The summed E-state index contributed by atoms with van der Waals surface area (Å²) < 4.78 is 14.8. The van der Waals surface area contributed by atoms with Gasteiger partial charge in [-0.15, -0.1) is 0 Å². The normalized spacial score (nSPS) is 10.0. The van der Waals surface area contributed by atoms with Gasteiger partial charge in [0.1, 0.15) is 11.3 Å². The topological polar surface area (TPSA) is 99.9 Å². The fourth-order valence-corrected chi connectivity index (χ4v) is 1.64. The molecular formula is C14H20N2O5. The van der Waals surface area contributed by atoms with Crippen molar-refractivity contribution in [2.75, 3.05) is 39.7 Å². The minimum absolute atomic E-state index is 0.118. The van der Waals surface area contributed by atoms with Crippen LogP contribution in [0.15, 0.2) is 18.2 Å². The zero-order valence-corrected chi connectivity index (χ0v) is 12.2. The lowest BCUT2D eigenvalue weighted by Crippen LogP contribution is -2.30. The molecule has 0 heterocycles. The molecular weight excluding hydrogens is 276 g/mol. The molecule has 116 valence electrons. The van der Waals surface area contributed by atoms with E-state index in [4.69, 9.17) is 19.9 Å². The van der Waals surface area contributed by atoms with Crippen LogP contribution < -0.4 is 15.8 Å². The molecule has 0 saturated carbocycles. The zero-order chi connectivity index (χ0) is 15.7. The molecule has 7 nitrogen and oxygen atoms in total. The number of carbonyl (C=O) groups excluding carboxylic acids is 2. The molecule has 0 aromatic heterocycles. The first-order valence-corrected chi connectivity index (χ1v) is 6.45. The van der Waals surface area contributed by atoms with E-state index in [2.05, 4.69) is 5.32 Å². The van der Waals surface area contributed by atoms with Gasteiger partial charge in [-0.1, -0.05) is 6.07 Å². The third-order valence-corrected chi connectivity index (χ3v) is 2.66. The highest BCUT2D eigenvalue weighted by molar-refractivity contribution is 5.99. The van der Waals surface area contributed by atoms with E-state index in [1.807, 2.05) is 0 Å². The van der Waals surface area contributed by atoms with Gasteiger partial charge in [-0.2, -0.15) is 0 Å². The van der Waals surface area contributed by atoms with Crippen LogP contribution in [0.2, 0.25) is 0 Å². The Bertz CT molecular complexity index is 490. The van der Waals surface area contributed by atoms with Crippen molar-refractivity contribution < 1.29 is 23.8 Å². The van der Waals surface area contributed by atoms with Crippen molar-refractivity contribution in [1.82, 2.24) is 5.32 Å². The number of anilines is 1. The average Bonchev–Trinajstić information content (AvgIpc) is 2.48.